The molecule has 0 aliphatic carbocycles. The van der Waals surface area contributed by atoms with Gasteiger partial charge >= 0.3 is 6.03 Å². The van der Waals surface area contributed by atoms with Crippen molar-refractivity contribution in [2.75, 3.05) is 6.54 Å². The Morgan fingerprint density at radius 1 is 1.00 bits per heavy atom. The lowest BCUT2D eigenvalue weighted by Crippen LogP contribution is -2.47. The highest BCUT2D eigenvalue weighted by Gasteiger charge is 2.41. The number of hydrogen-bond acceptors (Lipinski definition) is 3. The van der Waals surface area contributed by atoms with Crippen LogP contribution in [0.1, 0.15) is 21.5 Å². The Morgan fingerprint density at radius 3 is 2.35 bits per heavy atom. The van der Waals surface area contributed by atoms with Crippen molar-refractivity contribution in [3.63, 3.8) is 0 Å². The Labute approximate surface area is 155 Å². The summed E-state index contributed by atoms with van der Waals surface area (Å²) in [4.78, 5) is 40.5. The minimum Gasteiger partial charge on any atom is -0.332 e. The number of halogens is 1. The number of nitrogens with one attached hydrogen (secondary N) is 1. The van der Waals surface area contributed by atoms with Crippen molar-refractivity contribution in [1.29, 1.82) is 0 Å². The molecule has 0 spiro atoms. The van der Waals surface area contributed by atoms with Gasteiger partial charge in [0.05, 0.1) is 6.54 Å². The van der Waals surface area contributed by atoms with Gasteiger partial charge in [0.1, 0.15) is 6.04 Å². The van der Waals surface area contributed by atoms with E-state index in [-0.39, 0.29) is 18.4 Å². The third kappa shape index (κ3) is 2.93. The number of nitrogens with zero attached hydrogens (tertiary/aromatic N) is 2. The molecule has 7 heteroatoms. The van der Waals surface area contributed by atoms with Gasteiger partial charge in [-0.3, -0.25) is 14.9 Å². The Morgan fingerprint density at radius 2 is 1.65 bits per heavy atom. The summed E-state index contributed by atoms with van der Waals surface area (Å²) in [6.07, 6.45) is 0. The van der Waals surface area contributed by atoms with Crippen LogP contribution in [-0.2, 0) is 17.9 Å². The van der Waals surface area contributed by atoms with E-state index in [2.05, 4.69) is 5.32 Å². The zero-order chi connectivity index (χ0) is 18.3. The zero-order valence-electron chi connectivity index (χ0n) is 13.8. The van der Waals surface area contributed by atoms with Crippen LogP contribution < -0.4 is 5.32 Å². The Balaban J connectivity index is 1.72. The summed E-state index contributed by atoms with van der Waals surface area (Å²) in [5.74, 6) is -0.575. The van der Waals surface area contributed by atoms with E-state index in [4.69, 9.17) is 11.6 Å². The fourth-order valence-corrected chi connectivity index (χ4v) is 3.49. The lowest BCUT2D eigenvalue weighted by molar-refractivity contribution is -0.122. The standard InChI is InChI=1S/C19H16ClN3O3/c20-15-7-5-12(6-8-15)18(25)22-9-13-3-1-2-4-14(13)10-23-16(11-22)17(24)21-19(23)26/h1-8,16H,9-11H2,(H,21,24,26). The van der Waals surface area contributed by atoms with E-state index >= 15 is 0 Å². The lowest BCUT2D eigenvalue weighted by atomic mass is 10.0. The molecule has 2 aromatic carbocycles. The van der Waals surface area contributed by atoms with Crippen LogP contribution in [-0.4, -0.2) is 40.2 Å². The monoisotopic (exact) mass is 369 g/mol. The maximum absolute atomic E-state index is 13.0. The van der Waals surface area contributed by atoms with Gasteiger partial charge in [0, 0.05) is 23.7 Å². The molecular formula is C19H16ClN3O3. The molecule has 6 nitrogen and oxygen atoms in total. The van der Waals surface area contributed by atoms with Crippen LogP contribution in [0.5, 0.6) is 0 Å². The third-order valence-corrected chi connectivity index (χ3v) is 5.01. The van der Waals surface area contributed by atoms with E-state index in [1.807, 2.05) is 24.3 Å². The average Bonchev–Trinajstić information content (AvgIpc) is 2.86. The van der Waals surface area contributed by atoms with Gasteiger partial charge in [-0.15, -0.1) is 0 Å². The van der Waals surface area contributed by atoms with Crippen molar-refractivity contribution in [3.05, 3.63) is 70.2 Å². The topological polar surface area (TPSA) is 69.7 Å². The van der Waals surface area contributed by atoms with Crippen LogP contribution in [0.2, 0.25) is 5.02 Å². The number of fused-ring (bicyclic) bond motifs is 2. The minimum absolute atomic E-state index is 0.146. The number of amides is 4. The predicted octanol–water partition coefficient (Wildman–Crippen LogP) is 2.42. The van der Waals surface area contributed by atoms with Crippen molar-refractivity contribution in [2.45, 2.75) is 19.1 Å². The van der Waals surface area contributed by atoms with Gasteiger partial charge in [-0.25, -0.2) is 4.79 Å². The highest BCUT2D eigenvalue weighted by molar-refractivity contribution is 6.30. The lowest BCUT2D eigenvalue weighted by Gasteiger charge is -2.33. The molecule has 0 bridgehead atoms. The van der Waals surface area contributed by atoms with Crippen LogP contribution in [0.15, 0.2) is 48.5 Å². The van der Waals surface area contributed by atoms with Crippen molar-refractivity contribution in [1.82, 2.24) is 15.1 Å². The smallest absolute Gasteiger partial charge is 0.325 e. The van der Waals surface area contributed by atoms with Crippen LogP contribution in [0.25, 0.3) is 0 Å². The molecule has 0 radical (unpaired) electrons. The van der Waals surface area contributed by atoms with Gasteiger partial charge in [-0.05, 0) is 35.4 Å². The number of hydrogen-bond donors (Lipinski definition) is 1. The van der Waals surface area contributed by atoms with E-state index in [0.717, 1.165) is 11.1 Å². The van der Waals surface area contributed by atoms with Gasteiger partial charge in [0.25, 0.3) is 11.8 Å². The molecule has 4 rings (SSSR count). The molecule has 26 heavy (non-hydrogen) atoms. The van der Waals surface area contributed by atoms with Gasteiger partial charge in [0.2, 0.25) is 0 Å². The van der Waals surface area contributed by atoms with E-state index in [1.54, 1.807) is 29.2 Å². The molecule has 0 saturated carbocycles. The summed E-state index contributed by atoms with van der Waals surface area (Å²) in [7, 11) is 0. The number of carbonyl (C=O) groups excluding carboxylic acids is 3. The molecule has 0 aromatic heterocycles. The van der Waals surface area contributed by atoms with E-state index in [0.29, 0.717) is 23.7 Å². The quantitative estimate of drug-likeness (QED) is 0.785. The first-order chi connectivity index (χ1) is 12.5. The Bertz CT molecular complexity index is 897. The molecule has 2 heterocycles. The second kappa shape index (κ2) is 6.46. The normalized spacial score (nSPS) is 19.3. The summed E-state index contributed by atoms with van der Waals surface area (Å²) in [5.41, 5.74) is 2.38. The number of rotatable bonds is 1. The highest BCUT2D eigenvalue weighted by atomic mass is 35.5. The highest BCUT2D eigenvalue weighted by Crippen LogP contribution is 2.24. The largest absolute Gasteiger partial charge is 0.332 e. The first kappa shape index (κ1) is 16.6. The van der Waals surface area contributed by atoms with Crippen LogP contribution in [0, 0.1) is 0 Å². The Hall–Kier alpha value is -2.86. The summed E-state index contributed by atoms with van der Waals surface area (Å²) >= 11 is 5.90. The van der Waals surface area contributed by atoms with Crippen molar-refractivity contribution in [2.24, 2.45) is 0 Å². The van der Waals surface area contributed by atoms with Gasteiger partial charge in [-0.2, -0.15) is 0 Å². The average molecular weight is 370 g/mol. The minimum atomic E-state index is -0.688. The van der Waals surface area contributed by atoms with Crippen LogP contribution in [0.4, 0.5) is 4.79 Å². The first-order valence-electron chi connectivity index (χ1n) is 8.26. The van der Waals surface area contributed by atoms with Crippen molar-refractivity contribution in [3.8, 4) is 0 Å². The van der Waals surface area contributed by atoms with Crippen LogP contribution in [0.3, 0.4) is 0 Å². The molecule has 2 aromatic rings. The summed E-state index contributed by atoms with van der Waals surface area (Å²) in [5, 5.41) is 2.89. The van der Waals surface area contributed by atoms with Crippen molar-refractivity contribution < 1.29 is 14.4 Å². The van der Waals surface area contributed by atoms with Crippen LogP contribution >= 0.6 is 11.6 Å². The first-order valence-corrected chi connectivity index (χ1v) is 8.64. The molecule has 1 atom stereocenters. The summed E-state index contributed by atoms with van der Waals surface area (Å²) in [6.45, 7) is 0.873. The molecule has 1 N–H and O–H groups in total. The maximum atomic E-state index is 13.0. The Kier molecular flexibility index (Phi) is 4.12. The maximum Gasteiger partial charge on any atom is 0.325 e. The van der Waals surface area contributed by atoms with Crippen molar-refractivity contribution >= 4 is 29.4 Å². The molecule has 132 valence electrons. The third-order valence-electron chi connectivity index (χ3n) is 4.76. The number of imide groups is 1. The summed E-state index contributed by atoms with van der Waals surface area (Å²) < 4.78 is 0. The molecule has 1 fully saturated rings. The number of carbonyl (C=O) groups is 3. The fourth-order valence-electron chi connectivity index (χ4n) is 3.37. The second-order valence-electron chi connectivity index (χ2n) is 6.40. The molecule has 2 aliphatic rings. The molecule has 1 saturated heterocycles. The zero-order valence-corrected chi connectivity index (χ0v) is 14.6. The molecule has 4 amide bonds. The van der Waals surface area contributed by atoms with Gasteiger partial charge < -0.3 is 9.80 Å². The number of urea groups is 1. The summed E-state index contributed by atoms with van der Waals surface area (Å²) in [6, 6.07) is 13.2. The predicted molar refractivity (Wildman–Crippen MR) is 95.5 cm³/mol. The SMILES string of the molecule is O=C1NC(=O)N2Cc3ccccc3CN(C(=O)c3ccc(Cl)cc3)CC12. The van der Waals surface area contributed by atoms with E-state index in [1.165, 1.54) is 4.90 Å². The van der Waals surface area contributed by atoms with E-state index in [9.17, 15) is 14.4 Å². The number of benzene rings is 2. The fraction of sp³-hybridized carbons (Fsp3) is 0.211. The van der Waals surface area contributed by atoms with Gasteiger partial charge in [0.15, 0.2) is 0 Å². The molecular weight excluding hydrogens is 354 g/mol. The molecule has 1 unspecified atom stereocenters. The van der Waals surface area contributed by atoms with E-state index < -0.39 is 12.1 Å². The molecule has 2 aliphatic heterocycles. The second-order valence-corrected chi connectivity index (χ2v) is 6.84. The van der Waals surface area contributed by atoms with Gasteiger partial charge in [-0.1, -0.05) is 35.9 Å².